The van der Waals surface area contributed by atoms with Gasteiger partial charge in [0.1, 0.15) is 0 Å². The summed E-state index contributed by atoms with van der Waals surface area (Å²) in [6.07, 6.45) is 13.3. The van der Waals surface area contributed by atoms with E-state index in [-0.39, 0.29) is 12.2 Å². The second-order valence-corrected chi connectivity index (χ2v) is 9.16. The number of ketones is 1. The number of hydrogen-bond acceptors (Lipinski definition) is 6. The Kier molecular flexibility index (Phi) is 5.76. The van der Waals surface area contributed by atoms with Crippen LogP contribution in [0.15, 0.2) is 49.3 Å². The van der Waals surface area contributed by atoms with E-state index in [1.807, 2.05) is 42.6 Å². The third-order valence-corrected chi connectivity index (χ3v) is 6.53. The summed E-state index contributed by atoms with van der Waals surface area (Å²) in [6, 6.07) is 4.95. The Hall–Kier alpha value is -3.39. The molecule has 5 heterocycles. The third kappa shape index (κ3) is 4.57. The summed E-state index contributed by atoms with van der Waals surface area (Å²) in [4.78, 5) is 24.4. The molecule has 4 aromatic heterocycles. The van der Waals surface area contributed by atoms with Crippen molar-refractivity contribution in [1.82, 2.24) is 34.4 Å². The summed E-state index contributed by atoms with van der Waals surface area (Å²) in [5.74, 6) is 0.0316. The monoisotopic (exact) mass is 443 g/mol. The zero-order valence-electron chi connectivity index (χ0n) is 19.3. The zero-order chi connectivity index (χ0) is 22.9. The summed E-state index contributed by atoms with van der Waals surface area (Å²) < 4.78 is 3.74. The van der Waals surface area contributed by atoms with Gasteiger partial charge in [0.05, 0.1) is 42.1 Å². The predicted molar refractivity (Wildman–Crippen MR) is 127 cm³/mol. The van der Waals surface area contributed by atoms with E-state index < -0.39 is 0 Å². The SMILES string of the molecule is CC(C)N1CCC(n2cc(C(=O)Cc3cc4cc(-c5cnn(C)c5)cnc4cn3)cn2)CC1. The lowest BCUT2D eigenvalue weighted by Gasteiger charge is -2.34. The molecule has 0 atom stereocenters. The first-order valence-corrected chi connectivity index (χ1v) is 11.5. The Morgan fingerprint density at radius 3 is 2.55 bits per heavy atom. The van der Waals surface area contributed by atoms with Crippen LogP contribution in [-0.2, 0) is 13.5 Å². The minimum absolute atomic E-state index is 0.0316. The van der Waals surface area contributed by atoms with Crippen molar-refractivity contribution in [2.45, 2.75) is 45.2 Å². The molecule has 1 aliphatic heterocycles. The number of pyridine rings is 2. The first-order valence-electron chi connectivity index (χ1n) is 11.5. The first kappa shape index (κ1) is 21.5. The predicted octanol–water partition coefficient (Wildman–Crippen LogP) is 3.70. The number of aryl methyl sites for hydroxylation is 1. The van der Waals surface area contributed by atoms with Crippen molar-refractivity contribution in [2.75, 3.05) is 13.1 Å². The van der Waals surface area contributed by atoms with Crippen LogP contribution in [-0.4, -0.2) is 59.3 Å². The Morgan fingerprint density at radius 1 is 1.00 bits per heavy atom. The molecule has 0 saturated carbocycles. The van der Waals surface area contributed by atoms with Crippen LogP contribution in [0, 0.1) is 0 Å². The lowest BCUT2D eigenvalue weighted by atomic mass is 10.0. The smallest absolute Gasteiger partial charge is 0.171 e. The van der Waals surface area contributed by atoms with Crippen LogP contribution in [0.2, 0.25) is 0 Å². The fraction of sp³-hybridized carbons (Fsp3) is 0.400. The second kappa shape index (κ2) is 8.86. The van der Waals surface area contributed by atoms with E-state index in [4.69, 9.17) is 0 Å². The van der Waals surface area contributed by atoms with Crippen molar-refractivity contribution in [3.63, 3.8) is 0 Å². The molecule has 33 heavy (non-hydrogen) atoms. The second-order valence-electron chi connectivity index (χ2n) is 9.16. The van der Waals surface area contributed by atoms with Gasteiger partial charge in [-0.2, -0.15) is 10.2 Å². The molecular formula is C25H29N7O. The Bertz CT molecular complexity index is 1280. The normalized spacial score (nSPS) is 15.5. The highest BCUT2D eigenvalue weighted by Gasteiger charge is 2.23. The number of hydrogen-bond donors (Lipinski definition) is 0. The van der Waals surface area contributed by atoms with E-state index in [0.29, 0.717) is 17.6 Å². The molecule has 0 aliphatic carbocycles. The quantitative estimate of drug-likeness (QED) is 0.423. The zero-order valence-corrected chi connectivity index (χ0v) is 19.3. The maximum atomic E-state index is 13.0. The maximum Gasteiger partial charge on any atom is 0.171 e. The number of piperidine rings is 1. The third-order valence-electron chi connectivity index (χ3n) is 6.53. The van der Waals surface area contributed by atoms with Crippen molar-refractivity contribution in [1.29, 1.82) is 0 Å². The van der Waals surface area contributed by atoms with Gasteiger partial charge < -0.3 is 4.90 Å². The summed E-state index contributed by atoms with van der Waals surface area (Å²) in [5, 5.41) is 9.70. The van der Waals surface area contributed by atoms with E-state index in [0.717, 1.165) is 53.7 Å². The molecule has 1 saturated heterocycles. The first-order chi connectivity index (χ1) is 16.0. The minimum Gasteiger partial charge on any atom is -0.301 e. The topological polar surface area (TPSA) is 81.7 Å². The van der Waals surface area contributed by atoms with Crippen LogP contribution in [0.25, 0.3) is 22.0 Å². The fourth-order valence-electron chi connectivity index (χ4n) is 4.52. The Balaban J connectivity index is 1.29. The summed E-state index contributed by atoms with van der Waals surface area (Å²) >= 11 is 0. The molecule has 8 heteroatoms. The van der Waals surface area contributed by atoms with E-state index in [2.05, 4.69) is 45.0 Å². The van der Waals surface area contributed by atoms with Crippen LogP contribution in [0.5, 0.6) is 0 Å². The lowest BCUT2D eigenvalue weighted by molar-refractivity contribution is 0.0991. The summed E-state index contributed by atoms with van der Waals surface area (Å²) in [6.45, 7) is 6.62. The Morgan fingerprint density at radius 2 is 1.82 bits per heavy atom. The molecule has 0 amide bonds. The summed E-state index contributed by atoms with van der Waals surface area (Å²) in [7, 11) is 1.89. The highest BCUT2D eigenvalue weighted by Crippen LogP contribution is 2.25. The standard InChI is InChI=1S/C25H29N7O/c1-17(2)31-6-4-23(5-7-31)32-16-21(13-29-32)25(33)10-22-9-18-8-19(11-27-24(18)14-26-22)20-12-28-30(3)15-20/h8-9,11-17,23H,4-7,10H2,1-3H3. The number of carbonyl (C=O) groups excluding carboxylic acids is 1. The molecule has 1 fully saturated rings. The van der Waals surface area contributed by atoms with Crippen molar-refractivity contribution in [2.24, 2.45) is 7.05 Å². The van der Waals surface area contributed by atoms with Crippen molar-refractivity contribution in [3.05, 3.63) is 60.6 Å². The van der Waals surface area contributed by atoms with Crippen LogP contribution in [0.3, 0.4) is 0 Å². The number of carbonyl (C=O) groups is 1. The van der Waals surface area contributed by atoms with Crippen molar-refractivity contribution in [3.8, 4) is 11.1 Å². The average Bonchev–Trinajstić information content (AvgIpc) is 3.48. The molecule has 0 aromatic carbocycles. The molecule has 8 nitrogen and oxygen atoms in total. The minimum atomic E-state index is 0.0316. The van der Waals surface area contributed by atoms with Gasteiger partial charge in [0, 0.05) is 67.0 Å². The molecule has 0 unspecified atom stereocenters. The molecule has 5 rings (SSSR count). The van der Waals surface area contributed by atoms with Gasteiger partial charge in [0.25, 0.3) is 0 Å². The van der Waals surface area contributed by atoms with E-state index in [1.165, 1.54) is 0 Å². The lowest BCUT2D eigenvalue weighted by Crippen LogP contribution is -2.39. The number of aromatic nitrogens is 6. The van der Waals surface area contributed by atoms with Crippen molar-refractivity contribution >= 4 is 16.7 Å². The highest BCUT2D eigenvalue weighted by atomic mass is 16.1. The molecule has 0 N–H and O–H groups in total. The van der Waals surface area contributed by atoms with Crippen LogP contribution >= 0.6 is 0 Å². The van der Waals surface area contributed by atoms with Crippen LogP contribution < -0.4 is 0 Å². The van der Waals surface area contributed by atoms with Gasteiger partial charge in [-0.1, -0.05) is 0 Å². The molecule has 0 bridgehead atoms. The van der Waals surface area contributed by atoms with Gasteiger partial charge >= 0.3 is 0 Å². The van der Waals surface area contributed by atoms with E-state index in [9.17, 15) is 4.79 Å². The van der Waals surface area contributed by atoms with Gasteiger partial charge in [-0.15, -0.1) is 0 Å². The molecule has 0 spiro atoms. The highest BCUT2D eigenvalue weighted by molar-refractivity contribution is 5.97. The van der Waals surface area contributed by atoms with Crippen LogP contribution in [0.1, 0.15) is 48.8 Å². The van der Waals surface area contributed by atoms with Crippen LogP contribution in [0.4, 0.5) is 0 Å². The molecule has 1 aliphatic rings. The largest absolute Gasteiger partial charge is 0.301 e. The van der Waals surface area contributed by atoms with Gasteiger partial charge in [-0.3, -0.25) is 24.1 Å². The molecule has 170 valence electrons. The molecule has 4 aromatic rings. The van der Waals surface area contributed by atoms with Gasteiger partial charge in [0.2, 0.25) is 0 Å². The fourth-order valence-corrected chi connectivity index (χ4v) is 4.52. The molecular weight excluding hydrogens is 414 g/mol. The number of fused-ring (bicyclic) bond motifs is 1. The number of rotatable bonds is 6. The van der Waals surface area contributed by atoms with Gasteiger partial charge in [-0.05, 0) is 38.8 Å². The number of likely N-dealkylation sites (tertiary alicyclic amines) is 1. The van der Waals surface area contributed by atoms with E-state index in [1.54, 1.807) is 17.1 Å². The maximum absolute atomic E-state index is 13.0. The molecule has 0 radical (unpaired) electrons. The van der Waals surface area contributed by atoms with Crippen molar-refractivity contribution < 1.29 is 4.79 Å². The number of Topliss-reactive ketones (excluding diaryl/α,β-unsaturated/α-hetero) is 1. The van der Waals surface area contributed by atoms with Gasteiger partial charge in [0.15, 0.2) is 5.78 Å². The number of nitrogens with zero attached hydrogens (tertiary/aromatic N) is 7. The van der Waals surface area contributed by atoms with Gasteiger partial charge in [-0.25, -0.2) is 0 Å². The summed E-state index contributed by atoms with van der Waals surface area (Å²) in [5.41, 5.74) is 4.18. The van der Waals surface area contributed by atoms with E-state index >= 15 is 0 Å². The average molecular weight is 444 g/mol. The Labute approximate surface area is 193 Å².